The van der Waals surface area contributed by atoms with Crippen molar-refractivity contribution in [2.24, 2.45) is 0 Å². The Hall–Kier alpha value is 1.02. The van der Waals surface area contributed by atoms with E-state index in [0.717, 1.165) is 0 Å². The van der Waals surface area contributed by atoms with Crippen LogP contribution in [0.3, 0.4) is 0 Å². The summed E-state index contributed by atoms with van der Waals surface area (Å²) in [6.07, 6.45) is 1.31. The summed E-state index contributed by atoms with van der Waals surface area (Å²) in [5.41, 5.74) is 0. The van der Waals surface area contributed by atoms with Crippen LogP contribution in [0, 0.1) is 0 Å². The second-order valence-corrected chi connectivity index (χ2v) is 11.6. The molecule has 0 fully saturated rings. The van der Waals surface area contributed by atoms with Crippen molar-refractivity contribution in [2.75, 3.05) is 0 Å². The molecule has 0 radical (unpaired) electrons. The van der Waals surface area contributed by atoms with Gasteiger partial charge in [0.1, 0.15) is 0 Å². The maximum atomic E-state index is 5.07. The normalized spacial score (nSPS) is 8.33. The first-order valence-electron chi connectivity index (χ1n) is 2.26. The van der Waals surface area contributed by atoms with E-state index in [0.29, 0.717) is 0 Å². The summed E-state index contributed by atoms with van der Waals surface area (Å²) >= 11 is -1.03. The number of hydrogen-bond donors (Lipinski definition) is 0. The van der Waals surface area contributed by atoms with Gasteiger partial charge in [-0.2, -0.15) is 0 Å². The molecule has 0 nitrogen and oxygen atoms in total. The van der Waals surface area contributed by atoms with Gasteiger partial charge in [0.05, 0.1) is 0 Å². The molecule has 0 amide bonds. The molecule has 0 aliphatic heterocycles. The van der Waals surface area contributed by atoms with Gasteiger partial charge in [0.25, 0.3) is 0 Å². The van der Waals surface area contributed by atoms with E-state index in [1.54, 1.807) is 0 Å². The standard InChI is InChI=1S/C3H7.CH3.S.Sn/c1-3-2;;;/h1,3H2,2H3;1H3;;. The van der Waals surface area contributed by atoms with Gasteiger partial charge in [0.15, 0.2) is 0 Å². The van der Waals surface area contributed by atoms with Crippen LogP contribution in [0.25, 0.3) is 0 Å². The molecule has 0 atom stereocenters. The van der Waals surface area contributed by atoms with Crippen LogP contribution in [0.4, 0.5) is 0 Å². The first kappa shape index (κ1) is 7.02. The maximum absolute atomic E-state index is 5.07. The van der Waals surface area contributed by atoms with Gasteiger partial charge in [-0.15, -0.1) is 0 Å². The van der Waals surface area contributed by atoms with Crippen LogP contribution in [-0.4, -0.2) is 17.8 Å². The molecule has 0 bridgehead atoms. The molecule has 0 heterocycles. The van der Waals surface area contributed by atoms with Gasteiger partial charge in [-0.1, -0.05) is 0 Å². The predicted molar refractivity (Wildman–Crippen MR) is 34.3 cm³/mol. The van der Waals surface area contributed by atoms with Crippen LogP contribution >= 0.6 is 9.29 Å². The van der Waals surface area contributed by atoms with Crippen molar-refractivity contribution in [3.8, 4) is 0 Å². The van der Waals surface area contributed by atoms with Gasteiger partial charge < -0.3 is 0 Å². The van der Waals surface area contributed by atoms with Crippen molar-refractivity contribution in [3.63, 3.8) is 0 Å². The molecular weight excluding hydrogens is 199 g/mol. The molecule has 0 aromatic heterocycles. The molecule has 2 heteroatoms. The Morgan fingerprint density at radius 1 is 1.67 bits per heavy atom. The second-order valence-electron chi connectivity index (χ2n) is 1.45. The molecule has 0 saturated heterocycles. The average molecular weight is 209 g/mol. The summed E-state index contributed by atoms with van der Waals surface area (Å²) in [7, 11) is 5.07. The number of rotatable bonds is 2. The third kappa shape index (κ3) is 5.02. The van der Waals surface area contributed by atoms with Gasteiger partial charge in [0, 0.05) is 0 Å². The molecule has 0 aromatic carbocycles. The minimum absolute atomic E-state index is 1.03. The van der Waals surface area contributed by atoms with Crippen LogP contribution in [-0.2, 0) is 0 Å². The van der Waals surface area contributed by atoms with Crippen molar-refractivity contribution < 1.29 is 0 Å². The summed E-state index contributed by atoms with van der Waals surface area (Å²) in [5, 5.41) is 0. The van der Waals surface area contributed by atoms with Crippen molar-refractivity contribution in [2.45, 2.75) is 22.7 Å². The van der Waals surface area contributed by atoms with Crippen LogP contribution < -0.4 is 0 Å². The molecule has 0 spiro atoms. The Balaban J connectivity index is 2.83. The molecule has 0 aromatic rings. The van der Waals surface area contributed by atoms with Crippen LogP contribution in [0.5, 0.6) is 0 Å². The van der Waals surface area contributed by atoms with Gasteiger partial charge in [-0.05, 0) is 0 Å². The molecule has 0 aliphatic rings. The first-order valence-corrected chi connectivity index (χ1v) is 11.0. The molecule has 36 valence electrons. The van der Waals surface area contributed by atoms with Crippen LogP contribution in [0.15, 0.2) is 0 Å². The summed E-state index contributed by atoms with van der Waals surface area (Å²) in [4.78, 5) is 2.26. The summed E-state index contributed by atoms with van der Waals surface area (Å²) < 4.78 is 1.39. The number of hydrogen-bond acceptors (Lipinski definition) is 1. The fraction of sp³-hybridized carbons (Fsp3) is 1.00. The quantitative estimate of drug-likeness (QED) is 0.628. The van der Waals surface area contributed by atoms with E-state index in [9.17, 15) is 0 Å². The summed E-state index contributed by atoms with van der Waals surface area (Å²) in [5.74, 6) is 0. The zero-order valence-corrected chi connectivity index (χ0v) is 7.99. The molecule has 0 saturated carbocycles. The van der Waals surface area contributed by atoms with Gasteiger partial charge in [-0.25, -0.2) is 0 Å². The molecular formula is C4H10SSn. The van der Waals surface area contributed by atoms with Crippen LogP contribution in [0.2, 0.25) is 9.38 Å². The molecule has 0 aliphatic carbocycles. The van der Waals surface area contributed by atoms with E-state index < -0.39 is 17.8 Å². The first-order chi connectivity index (χ1) is 2.77. The molecule has 0 rings (SSSR count). The third-order valence-electron chi connectivity index (χ3n) is 0.602. The monoisotopic (exact) mass is 210 g/mol. The fourth-order valence-corrected chi connectivity index (χ4v) is 3.73. The summed E-state index contributed by atoms with van der Waals surface area (Å²) in [6.45, 7) is 2.20. The topological polar surface area (TPSA) is 0 Å². The Labute approximate surface area is 49.8 Å². The third-order valence-corrected chi connectivity index (χ3v) is 5.41. The van der Waals surface area contributed by atoms with Crippen molar-refractivity contribution in [3.05, 3.63) is 0 Å². The van der Waals surface area contributed by atoms with Crippen molar-refractivity contribution in [1.82, 2.24) is 0 Å². The van der Waals surface area contributed by atoms with Crippen molar-refractivity contribution >= 4 is 27.1 Å². The second kappa shape index (κ2) is 4.18. The van der Waals surface area contributed by atoms with E-state index in [1.807, 2.05) is 0 Å². The molecule has 0 N–H and O–H groups in total. The van der Waals surface area contributed by atoms with Crippen LogP contribution in [0.1, 0.15) is 13.3 Å². The molecule has 0 unspecified atom stereocenters. The van der Waals surface area contributed by atoms with E-state index in [1.165, 1.54) is 10.9 Å². The van der Waals surface area contributed by atoms with E-state index in [4.69, 9.17) is 9.29 Å². The predicted octanol–water partition coefficient (Wildman–Crippen LogP) is 2.22. The Morgan fingerprint density at radius 2 is 2.17 bits per heavy atom. The van der Waals surface area contributed by atoms with Crippen molar-refractivity contribution in [1.29, 1.82) is 0 Å². The fourth-order valence-electron chi connectivity index (χ4n) is 0.352. The molecule has 6 heavy (non-hydrogen) atoms. The van der Waals surface area contributed by atoms with Gasteiger partial charge in [-0.3, -0.25) is 0 Å². The Morgan fingerprint density at radius 3 is 2.17 bits per heavy atom. The SMILES string of the molecule is CC[CH2][Sn]([CH3])=[S]. The summed E-state index contributed by atoms with van der Waals surface area (Å²) in [6, 6.07) is 0. The zero-order chi connectivity index (χ0) is 4.99. The van der Waals surface area contributed by atoms with E-state index in [2.05, 4.69) is 11.9 Å². The average Bonchev–Trinajstić information content (AvgIpc) is 1.35. The zero-order valence-electron chi connectivity index (χ0n) is 4.32. The Kier molecular flexibility index (Phi) is 4.90. The van der Waals surface area contributed by atoms with E-state index in [-0.39, 0.29) is 0 Å². The van der Waals surface area contributed by atoms with Gasteiger partial charge >= 0.3 is 49.8 Å². The van der Waals surface area contributed by atoms with E-state index >= 15 is 0 Å². The Bertz CT molecular complexity index is 51.5. The minimum atomic E-state index is -1.03. The van der Waals surface area contributed by atoms with Gasteiger partial charge in [0.2, 0.25) is 0 Å².